The molecule has 0 radical (unpaired) electrons. The number of anilines is 2. The Hall–Kier alpha value is -3.63. The van der Waals surface area contributed by atoms with Gasteiger partial charge in [-0.1, -0.05) is 36.5 Å². The average molecular weight is 482 g/mol. The average Bonchev–Trinajstić information content (AvgIpc) is 3.38. The van der Waals surface area contributed by atoms with E-state index < -0.39 is 10.0 Å². The summed E-state index contributed by atoms with van der Waals surface area (Å²) in [6.45, 7) is 0. The van der Waals surface area contributed by atoms with Gasteiger partial charge in [0.05, 0.1) is 34.8 Å². The molecule has 8 nitrogen and oxygen atoms in total. The molecule has 170 valence electrons. The number of nitrogens with zero attached hydrogens (tertiary/aromatic N) is 3. The summed E-state index contributed by atoms with van der Waals surface area (Å²) in [4.78, 5) is 17.2. The lowest BCUT2D eigenvalue weighted by Crippen LogP contribution is -2.35. The second-order valence-corrected chi connectivity index (χ2v) is 10.6. The molecule has 0 fully saturated rings. The van der Waals surface area contributed by atoms with E-state index in [-0.39, 0.29) is 16.3 Å². The number of carbonyl (C=O) groups excluding carboxylic acids is 1. The standard InChI is InChI=1S/C23H23N5O3S2/c1-27-16-24-15-20(27)21-13-14-22(32-21)33(30,31)28(2)19-11-9-18(10-12-19)26-23(29)25-17-7-5-3-4-6-8-17/h3-17H,1-2H3,(H2,25,26,29). The number of carbonyl (C=O) groups is 1. The van der Waals surface area contributed by atoms with Gasteiger partial charge in [0.2, 0.25) is 0 Å². The van der Waals surface area contributed by atoms with Crippen LogP contribution in [0.25, 0.3) is 10.6 Å². The molecule has 1 aliphatic carbocycles. The monoisotopic (exact) mass is 481 g/mol. The van der Waals surface area contributed by atoms with Crippen LogP contribution in [-0.2, 0) is 17.1 Å². The molecule has 1 aliphatic rings. The Morgan fingerprint density at radius 1 is 1.06 bits per heavy atom. The number of nitrogens with one attached hydrogen (secondary N) is 2. The van der Waals surface area contributed by atoms with Crippen LogP contribution < -0.4 is 14.9 Å². The second kappa shape index (κ2) is 9.47. The molecule has 0 spiro atoms. The Labute approximate surface area is 196 Å². The summed E-state index contributed by atoms with van der Waals surface area (Å²) in [5.41, 5.74) is 1.89. The van der Waals surface area contributed by atoms with Gasteiger partial charge in [-0.05, 0) is 36.4 Å². The number of imidazole rings is 1. The fourth-order valence-electron chi connectivity index (χ4n) is 3.19. The summed E-state index contributed by atoms with van der Waals surface area (Å²) >= 11 is 1.19. The van der Waals surface area contributed by atoms with Crippen molar-refractivity contribution in [3.05, 3.63) is 85.4 Å². The maximum absolute atomic E-state index is 13.1. The van der Waals surface area contributed by atoms with Gasteiger partial charge in [-0.2, -0.15) is 0 Å². The molecule has 0 unspecified atom stereocenters. The van der Waals surface area contributed by atoms with Crippen molar-refractivity contribution < 1.29 is 13.2 Å². The number of amides is 2. The summed E-state index contributed by atoms with van der Waals surface area (Å²) in [5.74, 6) is 0. The minimum absolute atomic E-state index is 0.211. The Morgan fingerprint density at radius 3 is 2.39 bits per heavy atom. The third kappa shape index (κ3) is 5.07. The van der Waals surface area contributed by atoms with E-state index >= 15 is 0 Å². The summed E-state index contributed by atoms with van der Waals surface area (Å²) < 4.78 is 29.6. The number of rotatable bonds is 6. The number of hydrogen-bond donors (Lipinski definition) is 2. The van der Waals surface area contributed by atoms with Crippen molar-refractivity contribution in [3.8, 4) is 10.6 Å². The van der Waals surface area contributed by atoms with Gasteiger partial charge >= 0.3 is 6.03 Å². The molecule has 0 saturated heterocycles. The molecule has 0 saturated carbocycles. The Kier molecular flexibility index (Phi) is 6.47. The number of benzene rings is 1. The number of hydrogen-bond acceptors (Lipinski definition) is 5. The van der Waals surface area contributed by atoms with Crippen LogP contribution in [0.5, 0.6) is 0 Å². The van der Waals surface area contributed by atoms with Crippen LogP contribution in [0.1, 0.15) is 0 Å². The summed E-state index contributed by atoms with van der Waals surface area (Å²) in [6, 6.07) is 9.45. The lowest BCUT2D eigenvalue weighted by atomic mass is 10.2. The van der Waals surface area contributed by atoms with Crippen molar-refractivity contribution >= 4 is 38.8 Å². The molecule has 2 amide bonds. The zero-order valence-corrected chi connectivity index (χ0v) is 19.7. The van der Waals surface area contributed by atoms with E-state index in [2.05, 4.69) is 15.6 Å². The number of sulfonamides is 1. The first-order chi connectivity index (χ1) is 15.8. The molecule has 0 aliphatic heterocycles. The molecule has 0 atom stereocenters. The van der Waals surface area contributed by atoms with E-state index in [1.165, 1.54) is 22.7 Å². The first-order valence-electron chi connectivity index (χ1n) is 10.1. The zero-order chi connectivity index (χ0) is 23.4. The largest absolute Gasteiger partial charge is 0.333 e. The van der Waals surface area contributed by atoms with Crippen molar-refractivity contribution in [2.75, 3.05) is 16.7 Å². The predicted octanol–water partition coefficient (Wildman–Crippen LogP) is 4.15. The van der Waals surface area contributed by atoms with E-state index in [0.717, 1.165) is 10.6 Å². The van der Waals surface area contributed by atoms with Crippen LogP contribution >= 0.6 is 11.3 Å². The maximum atomic E-state index is 13.1. The Balaban J connectivity index is 1.43. The van der Waals surface area contributed by atoms with Crippen molar-refractivity contribution in [1.29, 1.82) is 0 Å². The van der Waals surface area contributed by atoms with E-state index in [9.17, 15) is 13.2 Å². The molecule has 2 N–H and O–H groups in total. The molecule has 2 heterocycles. The highest BCUT2D eigenvalue weighted by Gasteiger charge is 2.24. The smallest absolute Gasteiger partial charge is 0.319 e. The molecule has 1 aromatic carbocycles. The molecule has 0 bridgehead atoms. The van der Waals surface area contributed by atoms with Gasteiger partial charge in [-0.25, -0.2) is 18.2 Å². The van der Waals surface area contributed by atoms with E-state index in [0.29, 0.717) is 11.4 Å². The number of urea groups is 1. The third-order valence-electron chi connectivity index (χ3n) is 5.02. The van der Waals surface area contributed by atoms with Crippen LogP contribution in [0.2, 0.25) is 0 Å². The van der Waals surface area contributed by atoms with Crippen LogP contribution in [-0.4, -0.2) is 37.1 Å². The number of allylic oxidation sites excluding steroid dienone is 4. The first-order valence-corrected chi connectivity index (χ1v) is 12.3. The highest BCUT2D eigenvalue weighted by atomic mass is 32.2. The lowest BCUT2D eigenvalue weighted by Gasteiger charge is -2.19. The third-order valence-corrected chi connectivity index (χ3v) is 8.38. The maximum Gasteiger partial charge on any atom is 0.319 e. The van der Waals surface area contributed by atoms with Gasteiger partial charge in [0.15, 0.2) is 0 Å². The van der Waals surface area contributed by atoms with Crippen LogP contribution in [0.3, 0.4) is 0 Å². The van der Waals surface area contributed by atoms with Gasteiger partial charge in [0.25, 0.3) is 10.0 Å². The normalized spacial score (nSPS) is 13.6. The van der Waals surface area contributed by atoms with E-state index in [1.54, 1.807) is 48.9 Å². The minimum Gasteiger partial charge on any atom is -0.333 e. The summed E-state index contributed by atoms with van der Waals surface area (Å²) in [5, 5.41) is 5.59. The van der Waals surface area contributed by atoms with Crippen molar-refractivity contribution in [2.24, 2.45) is 7.05 Å². The van der Waals surface area contributed by atoms with Crippen LogP contribution in [0.15, 0.2) is 89.6 Å². The molecular weight excluding hydrogens is 458 g/mol. The molecule has 2 aromatic heterocycles. The first kappa shape index (κ1) is 22.6. The van der Waals surface area contributed by atoms with E-state index in [4.69, 9.17) is 0 Å². The fraction of sp³-hybridized carbons (Fsp3) is 0.130. The van der Waals surface area contributed by atoms with Crippen molar-refractivity contribution in [3.63, 3.8) is 0 Å². The highest BCUT2D eigenvalue weighted by Crippen LogP contribution is 2.33. The van der Waals surface area contributed by atoms with Crippen LogP contribution in [0.4, 0.5) is 16.2 Å². The topological polar surface area (TPSA) is 96.3 Å². The predicted molar refractivity (Wildman–Crippen MR) is 132 cm³/mol. The number of aryl methyl sites for hydroxylation is 1. The summed E-state index contributed by atoms with van der Waals surface area (Å²) in [6.07, 6.45) is 14.6. The highest BCUT2D eigenvalue weighted by molar-refractivity contribution is 7.94. The lowest BCUT2D eigenvalue weighted by molar-refractivity contribution is 0.251. The zero-order valence-electron chi connectivity index (χ0n) is 18.0. The van der Waals surface area contributed by atoms with Gasteiger partial charge in [-0.3, -0.25) is 4.31 Å². The minimum atomic E-state index is -3.73. The van der Waals surface area contributed by atoms with Gasteiger partial charge in [0, 0.05) is 19.8 Å². The molecule has 3 aromatic rings. The van der Waals surface area contributed by atoms with Gasteiger partial charge in [0.1, 0.15) is 4.21 Å². The Bertz CT molecular complexity index is 1320. The van der Waals surface area contributed by atoms with Crippen LogP contribution in [0, 0.1) is 0 Å². The molecule has 4 rings (SSSR count). The molecular formula is C23H23N5O3S2. The number of aromatic nitrogens is 2. The van der Waals surface area contributed by atoms with Crippen molar-refractivity contribution in [2.45, 2.75) is 10.3 Å². The fourth-order valence-corrected chi connectivity index (χ4v) is 5.92. The quantitative estimate of drug-likeness (QED) is 0.553. The van der Waals surface area contributed by atoms with Gasteiger partial charge in [-0.15, -0.1) is 11.3 Å². The van der Waals surface area contributed by atoms with Gasteiger partial charge < -0.3 is 15.2 Å². The van der Waals surface area contributed by atoms with E-state index in [1.807, 2.05) is 48.1 Å². The molecule has 10 heteroatoms. The molecule has 33 heavy (non-hydrogen) atoms. The Morgan fingerprint density at radius 2 is 1.76 bits per heavy atom. The SMILES string of the molecule is CN(c1ccc(NC(=O)NC2C=CC=CC=C2)cc1)S(=O)(=O)c1ccc(-c2cncn2C)s1. The summed E-state index contributed by atoms with van der Waals surface area (Å²) in [7, 11) is -0.365. The number of thiophene rings is 1. The second-order valence-electron chi connectivity index (χ2n) is 7.31. The van der Waals surface area contributed by atoms with Crippen molar-refractivity contribution in [1.82, 2.24) is 14.9 Å².